The van der Waals surface area contributed by atoms with E-state index >= 15 is 0 Å². The maximum atomic E-state index is 12.5. The average molecular weight is 800 g/mol. The van der Waals surface area contributed by atoms with Crippen LogP contribution in [0.3, 0.4) is 0 Å². The van der Waals surface area contributed by atoms with E-state index in [1.165, 1.54) is 25.3 Å². The van der Waals surface area contributed by atoms with E-state index in [9.17, 15) is 23.8 Å². The lowest BCUT2D eigenvalue weighted by atomic mass is 10.1. The van der Waals surface area contributed by atoms with E-state index in [4.69, 9.17) is 24.3 Å². The van der Waals surface area contributed by atoms with E-state index < -0.39 is 39.1 Å². The molecule has 0 saturated carbocycles. The molecule has 3 N–H and O–H groups in total. The van der Waals surface area contributed by atoms with Crippen molar-refractivity contribution in [3.63, 3.8) is 0 Å². The third kappa shape index (κ3) is 38.6. The lowest BCUT2D eigenvalue weighted by Gasteiger charge is -2.19. The Balaban J connectivity index is 4.52. The molecule has 1 unspecified atom stereocenters. The third-order valence-electron chi connectivity index (χ3n) is 7.62. The van der Waals surface area contributed by atoms with E-state index in [0.717, 1.165) is 51.4 Å². The van der Waals surface area contributed by atoms with Gasteiger partial charge < -0.3 is 20.1 Å². The summed E-state index contributed by atoms with van der Waals surface area (Å²) in [5.41, 5.74) is 5.32. The van der Waals surface area contributed by atoms with Gasteiger partial charge >= 0.3 is 19.8 Å². The number of ketones is 1. The van der Waals surface area contributed by atoms with Gasteiger partial charge in [-0.15, -0.1) is 0 Å². The first-order valence-electron chi connectivity index (χ1n) is 20.3. The molecule has 0 aromatic carbocycles. The van der Waals surface area contributed by atoms with Crippen LogP contribution < -0.4 is 5.73 Å². The van der Waals surface area contributed by atoms with Gasteiger partial charge in [-0.3, -0.25) is 23.4 Å². The maximum absolute atomic E-state index is 12.5. The van der Waals surface area contributed by atoms with E-state index in [-0.39, 0.29) is 44.6 Å². The highest BCUT2D eigenvalue weighted by atomic mass is 31.2. The molecule has 0 radical (unpaired) electrons. The molecule has 0 rings (SSSR count). The van der Waals surface area contributed by atoms with Crippen LogP contribution in [0.15, 0.2) is 109 Å². The van der Waals surface area contributed by atoms with Crippen LogP contribution in [0.4, 0.5) is 0 Å². The normalized spacial score (nSPS) is 14.4. The molecule has 0 aliphatic heterocycles. The van der Waals surface area contributed by atoms with E-state index in [1.54, 1.807) is 6.08 Å². The maximum Gasteiger partial charge on any atom is 0.472 e. The Morgan fingerprint density at radius 2 is 1.14 bits per heavy atom. The zero-order valence-corrected chi connectivity index (χ0v) is 35.0. The second kappa shape index (κ2) is 39.6. The summed E-state index contributed by atoms with van der Waals surface area (Å²) in [6.07, 6.45) is 48.5. The number of carbonyl (C=O) groups is 3. The van der Waals surface area contributed by atoms with Gasteiger partial charge in [0.15, 0.2) is 11.9 Å². The summed E-state index contributed by atoms with van der Waals surface area (Å²) in [4.78, 5) is 46.9. The topological polar surface area (TPSA) is 151 Å². The first kappa shape index (κ1) is 52.3. The second-order valence-electron chi connectivity index (χ2n) is 12.8. The third-order valence-corrected chi connectivity index (χ3v) is 8.60. The van der Waals surface area contributed by atoms with Crippen LogP contribution in [0.25, 0.3) is 0 Å². The van der Waals surface area contributed by atoms with E-state index in [1.807, 2.05) is 24.3 Å². The minimum Gasteiger partial charge on any atom is -0.462 e. The zero-order valence-electron chi connectivity index (χ0n) is 34.1. The smallest absolute Gasteiger partial charge is 0.462 e. The molecular weight excluding hydrogens is 729 g/mol. The molecule has 2 atom stereocenters. The molecule has 0 bridgehead atoms. The first-order valence-corrected chi connectivity index (χ1v) is 21.8. The molecule has 56 heavy (non-hydrogen) atoms. The molecule has 0 aliphatic carbocycles. The monoisotopic (exact) mass is 799 g/mol. The van der Waals surface area contributed by atoms with Crippen molar-refractivity contribution < 1.29 is 42.4 Å². The highest BCUT2D eigenvalue weighted by Gasteiger charge is 2.26. The molecule has 0 fully saturated rings. The van der Waals surface area contributed by atoms with Gasteiger partial charge in [-0.2, -0.15) is 0 Å². The number of esters is 2. The SMILES string of the molecule is CC/C=C\C/C=C\C/C=C\C/C=C\C/C=C\CCCC(=O)O[C@H](COC(=O)CCCC(=O)/C=C/C=C\C/C=C\C/C=C\CCCCC)COP(=O)(O)OCCN. The second-order valence-corrected chi connectivity index (χ2v) is 14.3. The van der Waals surface area contributed by atoms with Crippen molar-refractivity contribution in [2.75, 3.05) is 26.4 Å². The fraction of sp³-hybridized carbons (Fsp3) is 0.533. The molecule has 10 nitrogen and oxygen atoms in total. The van der Waals surface area contributed by atoms with E-state index in [0.29, 0.717) is 12.8 Å². The standard InChI is InChI=1S/C45H70NO9P/c1-3-5-7-9-11-13-15-17-18-19-20-22-24-26-28-30-32-36-45(49)55-43(41-54-56(50,51)53-39-38-46)40-52-44(48)37-33-35-42(47)34-31-29-27-25-23-21-16-14-12-10-8-6-4-2/h5,7,11-14,17-18,20-23,26-29,31,34,43H,3-4,6,8-10,15-16,19,24-25,30,32-33,35-41,46H2,1-2H3,(H,50,51)/b7-5-,13-11-,14-12-,18-17-,22-20-,23-21-,28-26-,29-27-,34-31+/t43-/m1/s1. The number of hydrogen-bond donors (Lipinski definition) is 2. The summed E-state index contributed by atoms with van der Waals surface area (Å²) >= 11 is 0. The number of allylic oxidation sites excluding steroid dienone is 18. The van der Waals surface area contributed by atoms with Crippen molar-refractivity contribution >= 4 is 25.5 Å². The van der Waals surface area contributed by atoms with Crippen LogP contribution in [0.2, 0.25) is 0 Å². The molecule has 314 valence electrons. The zero-order chi connectivity index (χ0) is 41.2. The Labute approximate surface area is 337 Å². The number of hydrogen-bond acceptors (Lipinski definition) is 9. The summed E-state index contributed by atoms with van der Waals surface area (Å²) in [5, 5.41) is 0. The number of nitrogens with two attached hydrogens (primary N) is 1. The summed E-state index contributed by atoms with van der Waals surface area (Å²) in [5.74, 6) is -1.28. The number of carbonyl (C=O) groups excluding carboxylic acids is 3. The van der Waals surface area contributed by atoms with Crippen LogP contribution >= 0.6 is 7.82 Å². The molecule has 0 heterocycles. The molecule has 0 spiro atoms. The first-order chi connectivity index (χ1) is 27.2. The largest absolute Gasteiger partial charge is 0.472 e. The highest BCUT2D eigenvalue weighted by Crippen LogP contribution is 2.43. The van der Waals surface area contributed by atoms with Crippen LogP contribution in [0.5, 0.6) is 0 Å². The van der Waals surface area contributed by atoms with Crippen molar-refractivity contribution in [3.05, 3.63) is 109 Å². The average Bonchev–Trinajstić information content (AvgIpc) is 3.18. The van der Waals surface area contributed by atoms with E-state index in [2.05, 4.69) is 86.8 Å². The van der Waals surface area contributed by atoms with Gasteiger partial charge in [0.05, 0.1) is 13.2 Å². The van der Waals surface area contributed by atoms with Gasteiger partial charge in [-0.05, 0) is 83.1 Å². The molecule has 0 aromatic heterocycles. The van der Waals surface area contributed by atoms with Crippen LogP contribution in [0.1, 0.15) is 123 Å². The fourth-order valence-corrected chi connectivity index (χ4v) is 5.39. The van der Waals surface area contributed by atoms with Gasteiger partial charge in [-0.25, -0.2) is 4.57 Å². The Hall–Kier alpha value is -3.66. The van der Waals surface area contributed by atoms with Gasteiger partial charge in [0.25, 0.3) is 0 Å². The Morgan fingerprint density at radius 1 is 0.607 bits per heavy atom. The lowest BCUT2D eigenvalue weighted by Crippen LogP contribution is -2.29. The fourth-order valence-electron chi connectivity index (χ4n) is 4.62. The highest BCUT2D eigenvalue weighted by molar-refractivity contribution is 7.47. The van der Waals surface area contributed by atoms with Gasteiger partial charge in [0, 0.05) is 25.8 Å². The molecular formula is C45H70NO9P. The Kier molecular flexibility index (Phi) is 37.0. The van der Waals surface area contributed by atoms with Crippen molar-refractivity contribution in [1.29, 1.82) is 0 Å². The minimum atomic E-state index is -4.45. The predicted molar refractivity (Wildman–Crippen MR) is 229 cm³/mol. The van der Waals surface area contributed by atoms with Gasteiger partial charge in [0.1, 0.15) is 6.61 Å². The van der Waals surface area contributed by atoms with Crippen molar-refractivity contribution in [2.24, 2.45) is 5.73 Å². The number of unbranched alkanes of at least 4 members (excludes halogenated alkanes) is 4. The molecule has 0 amide bonds. The van der Waals surface area contributed by atoms with Gasteiger partial charge in [0.2, 0.25) is 0 Å². The van der Waals surface area contributed by atoms with Crippen molar-refractivity contribution in [3.8, 4) is 0 Å². The molecule has 0 aliphatic rings. The molecule has 0 aromatic rings. The summed E-state index contributed by atoms with van der Waals surface area (Å²) in [7, 11) is -4.45. The van der Waals surface area contributed by atoms with Crippen molar-refractivity contribution in [1.82, 2.24) is 0 Å². The summed E-state index contributed by atoms with van der Waals surface area (Å²) in [6, 6.07) is 0. The van der Waals surface area contributed by atoms with Crippen LogP contribution in [0, 0.1) is 0 Å². The summed E-state index contributed by atoms with van der Waals surface area (Å²) < 4.78 is 32.4. The number of ether oxygens (including phenoxy) is 2. The minimum absolute atomic E-state index is 0.00594. The summed E-state index contributed by atoms with van der Waals surface area (Å²) in [6.45, 7) is 3.20. The van der Waals surface area contributed by atoms with Crippen LogP contribution in [-0.4, -0.2) is 55.1 Å². The van der Waals surface area contributed by atoms with Crippen LogP contribution in [-0.2, 0) is 37.5 Å². The molecule has 11 heteroatoms. The van der Waals surface area contributed by atoms with Crippen molar-refractivity contribution in [2.45, 2.75) is 129 Å². The Bertz CT molecular complexity index is 1340. The van der Waals surface area contributed by atoms with Gasteiger partial charge in [-0.1, -0.05) is 130 Å². The lowest BCUT2D eigenvalue weighted by molar-refractivity contribution is -0.161. The number of phosphoric ester groups is 1. The number of phosphoric acid groups is 1. The Morgan fingerprint density at radius 3 is 1.71 bits per heavy atom. The predicted octanol–water partition coefficient (Wildman–Crippen LogP) is 10.8. The number of rotatable bonds is 36. The quantitative estimate of drug-likeness (QED) is 0.0156. The molecule has 0 saturated heterocycles.